The highest BCUT2D eigenvalue weighted by Crippen LogP contribution is 2.20. The zero-order valence-corrected chi connectivity index (χ0v) is 17.0. The van der Waals surface area contributed by atoms with Gasteiger partial charge in [0.2, 0.25) is 11.8 Å². The number of carbonyl (C=O) groups excluding carboxylic acids is 2. The molecule has 6 nitrogen and oxygen atoms in total. The second-order valence-electron chi connectivity index (χ2n) is 7.39. The van der Waals surface area contributed by atoms with Crippen LogP contribution in [0.3, 0.4) is 0 Å². The number of halogens is 2. The lowest BCUT2D eigenvalue weighted by Crippen LogP contribution is -2.47. The highest BCUT2D eigenvalue weighted by molar-refractivity contribution is 5.85. The van der Waals surface area contributed by atoms with Gasteiger partial charge in [0.15, 0.2) is 11.6 Å². The molecule has 2 atom stereocenters. The Morgan fingerprint density at radius 3 is 2.82 bits per heavy atom. The summed E-state index contributed by atoms with van der Waals surface area (Å²) in [4.78, 5) is 26.6. The fourth-order valence-electron chi connectivity index (χ4n) is 3.84. The standard InChI is InChI=1S/C20H28FN3O3.ClH/c1-27-18-7-6-14(10-16(18)21)11-19(25)24-9-3-4-15(13-24)12-23-20(26)17-5-2-8-22-17;/h6-7,10,15,17,22H,2-5,8-9,11-13H2,1H3,(H,23,26);1H. The van der Waals surface area contributed by atoms with Crippen LogP contribution in [0.1, 0.15) is 31.2 Å². The van der Waals surface area contributed by atoms with Gasteiger partial charge in [0.25, 0.3) is 0 Å². The van der Waals surface area contributed by atoms with Crippen LogP contribution in [-0.4, -0.2) is 56.0 Å². The van der Waals surface area contributed by atoms with Crippen molar-refractivity contribution >= 4 is 24.2 Å². The van der Waals surface area contributed by atoms with E-state index in [0.29, 0.717) is 25.2 Å². The number of benzene rings is 1. The Kier molecular flexibility index (Phi) is 8.51. The number of nitrogens with zero attached hydrogens (tertiary/aromatic N) is 1. The highest BCUT2D eigenvalue weighted by atomic mass is 35.5. The molecule has 0 aromatic heterocycles. The van der Waals surface area contributed by atoms with Crippen molar-refractivity contribution in [2.75, 3.05) is 33.3 Å². The number of rotatable bonds is 6. The Morgan fingerprint density at radius 1 is 1.32 bits per heavy atom. The zero-order chi connectivity index (χ0) is 19.2. The van der Waals surface area contributed by atoms with E-state index in [2.05, 4.69) is 10.6 Å². The Labute approximate surface area is 171 Å². The van der Waals surface area contributed by atoms with Crippen molar-refractivity contribution in [2.24, 2.45) is 5.92 Å². The van der Waals surface area contributed by atoms with Crippen LogP contribution in [0.2, 0.25) is 0 Å². The van der Waals surface area contributed by atoms with Gasteiger partial charge in [-0.05, 0) is 55.8 Å². The summed E-state index contributed by atoms with van der Waals surface area (Å²) < 4.78 is 18.7. The molecule has 2 N–H and O–H groups in total. The minimum Gasteiger partial charge on any atom is -0.494 e. The van der Waals surface area contributed by atoms with Crippen LogP contribution in [-0.2, 0) is 16.0 Å². The summed E-state index contributed by atoms with van der Waals surface area (Å²) in [5.41, 5.74) is 0.640. The van der Waals surface area contributed by atoms with Gasteiger partial charge in [0.05, 0.1) is 19.6 Å². The third kappa shape index (κ3) is 5.82. The predicted molar refractivity (Wildman–Crippen MR) is 107 cm³/mol. The molecule has 0 bridgehead atoms. The molecular weight excluding hydrogens is 385 g/mol. The van der Waals surface area contributed by atoms with Crippen LogP contribution in [0.15, 0.2) is 18.2 Å². The van der Waals surface area contributed by atoms with Crippen molar-refractivity contribution < 1.29 is 18.7 Å². The molecule has 0 aliphatic carbocycles. The van der Waals surface area contributed by atoms with Crippen LogP contribution < -0.4 is 15.4 Å². The lowest BCUT2D eigenvalue weighted by Gasteiger charge is -2.33. The molecular formula is C20H29ClFN3O3. The molecule has 2 aliphatic rings. The second kappa shape index (κ2) is 10.6. The Bertz CT molecular complexity index is 683. The molecule has 1 aromatic carbocycles. The molecule has 0 saturated carbocycles. The first-order valence-corrected chi connectivity index (χ1v) is 9.68. The molecule has 28 heavy (non-hydrogen) atoms. The number of methoxy groups -OCH3 is 1. The van der Waals surface area contributed by atoms with Crippen LogP contribution in [0, 0.1) is 11.7 Å². The molecule has 2 aliphatic heterocycles. The minimum atomic E-state index is -0.456. The SMILES string of the molecule is COc1ccc(CC(=O)N2CCCC(CNC(=O)C3CCCN3)C2)cc1F.Cl. The number of piperidine rings is 1. The van der Waals surface area contributed by atoms with Gasteiger partial charge in [-0.25, -0.2) is 4.39 Å². The van der Waals surface area contributed by atoms with Crippen molar-refractivity contribution in [1.82, 2.24) is 15.5 Å². The average molecular weight is 414 g/mol. The van der Waals surface area contributed by atoms with Gasteiger partial charge >= 0.3 is 0 Å². The summed E-state index contributed by atoms with van der Waals surface area (Å²) in [5, 5.41) is 6.22. The first kappa shape index (κ1) is 22.4. The van der Waals surface area contributed by atoms with Crippen LogP contribution in [0.4, 0.5) is 4.39 Å². The van der Waals surface area contributed by atoms with E-state index in [1.165, 1.54) is 13.2 Å². The van der Waals surface area contributed by atoms with Gasteiger partial charge in [-0.15, -0.1) is 12.4 Å². The number of hydrogen-bond acceptors (Lipinski definition) is 4. The van der Waals surface area contributed by atoms with E-state index >= 15 is 0 Å². The highest BCUT2D eigenvalue weighted by Gasteiger charge is 2.26. The fourth-order valence-corrected chi connectivity index (χ4v) is 3.84. The van der Waals surface area contributed by atoms with Crippen molar-refractivity contribution in [1.29, 1.82) is 0 Å². The maximum Gasteiger partial charge on any atom is 0.237 e. The molecule has 2 amide bonds. The van der Waals surface area contributed by atoms with Crippen molar-refractivity contribution in [3.63, 3.8) is 0 Å². The first-order chi connectivity index (χ1) is 13.1. The molecule has 0 spiro atoms. The van der Waals surface area contributed by atoms with Gasteiger partial charge < -0.3 is 20.3 Å². The molecule has 2 unspecified atom stereocenters. The maximum atomic E-state index is 13.8. The quantitative estimate of drug-likeness (QED) is 0.747. The van der Waals surface area contributed by atoms with Gasteiger partial charge in [-0.3, -0.25) is 9.59 Å². The maximum absolute atomic E-state index is 13.8. The van der Waals surface area contributed by atoms with E-state index < -0.39 is 5.82 Å². The second-order valence-corrected chi connectivity index (χ2v) is 7.39. The summed E-state index contributed by atoms with van der Waals surface area (Å²) in [7, 11) is 1.42. The van der Waals surface area contributed by atoms with Crippen LogP contribution in [0.5, 0.6) is 5.75 Å². The molecule has 2 saturated heterocycles. The topological polar surface area (TPSA) is 70.7 Å². The number of nitrogens with one attached hydrogen (secondary N) is 2. The van der Waals surface area contributed by atoms with Crippen molar-refractivity contribution in [2.45, 2.75) is 38.1 Å². The third-order valence-corrected chi connectivity index (χ3v) is 5.39. The van der Waals surface area contributed by atoms with E-state index in [9.17, 15) is 14.0 Å². The average Bonchev–Trinajstić information content (AvgIpc) is 3.21. The molecule has 2 fully saturated rings. The largest absolute Gasteiger partial charge is 0.494 e. The summed E-state index contributed by atoms with van der Waals surface area (Å²) in [6, 6.07) is 4.54. The minimum absolute atomic E-state index is 0. The van der Waals surface area contributed by atoms with Gasteiger partial charge in [-0.2, -0.15) is 0 Å². The number of ether oxygens (including phenoxy) is 1. The van der Waals surface area contributed by atoms with Crippen LogP contribution >= 0.6 is 12.4 Å². The third-order valence-electron chi connectivity index (χ3n) is 5.39. The van der Waals surface area contributed by atoms with E-state index in [1.807, 2.05) is 4.90 Å². The number of amides is 2. The summed E-state index contributed by atoms with van der Waals surface area (Å²) in [5.74, 6) is 0.0395. The molecule has 8 heteroatoms. The Morgan fingerprint density at radius 2 is 2.14 bits per heavy atom. The number of carbonyl (C=O) groups is 2. The lowest BCUT2D eigenvalue weighted by atomic mass is 9.97. The van der Waals surface area contributed by atoms with E-state index in [4.69, 9.17) is 4.74 Å². The number of hydrogen-bond donors (Lipinski definition) is 2. The predicted octanol–water partition coefficient (Wildman–Crippen LogP) is 1.91. The monoisotopic (exact) mass is 413 g/mol. The van der Waals surface area contributed by atoms with E-state index in [-0.39, 0.29) is 48.4 Å². The van der Waals surface area contributed by atoms with Gasteiger partial charge in [0.1, 0.15) is 0 Å². The number of likely N-dealkylation sites (tertiary alicyclic amines) is 1. The first-order valence-electron chi connectivity index (χ1n) is 9.68. The smallest absolute Gasteiger partial charge is 0.237 e. The lowest BCUT2D eigenvalue weighted by molar-refractivity contribution is -0.132. The summed E-state index contributed by atoms with van der Waals surface area (Å²) in [6.45, 7) is 2.84. The van der Waals surface area contributed by atoms with Crippen molar-refractivity contribution in [3.8, 4) is 5.75 Å². The molecule has 156 valence electrons. The van der Waals surface area contributed by atoms with Gasteiger partial charge in [-0.1, -0.05) is 6.07 Å². The fraction of sp³-hybridized carbons (Fsp3) is 0.600. The molecule has 0 radical (unpaired) electrons. The van der Waals surface area contributed by atoms with Gasteiger partial charge in [0, 0.05) is 19.6 Å². The molecule has 2 heterocycles. The normalized spacial score (nSPS) is 21.7. The zero-order valence-electron chi connectivity index (χ0n) is 16.2. The van der Waals surface area contributed by atoms with Crippen molar-refractivity contribution in [3.05, 3.63) is 29.6 Å². The molecule has 3 rings (SSSR count). The molecule has 1 aromatic rings. The summed E-state index contributed by atoms with van der Waals surface area (Å²) >= 11 is 0. The van der Waals surface area contributed by atoms with E-state index in [0.717, 1.165) is 32.2 Å². The Balaban J connectivity index is 0.00000280. The van der Waals surface area contributed by atoms with Crippen LogP contribution in [0.25, 0.3) is 0 Å². The Hall–Kier alpha value is -1.86. The summed E-state index contributed by atoms with van der Waals surface area (Å²) in [6.07, 6.45) is 4.02. The van der Waals surface area contributed by atoms with E-state index in [1.54, 1.807) is 12.1 Å².